The minimum atomic E-state index is 0.288. The SMILES string of the molecule is O=C1CCCCCN1c1ccc2c(c1)CCCN2. The van der Waals surface area contributed by atoms with Gasteiger partial charge in [-0.1, -0.05) is 6.42 Å². The Kier molecular flexibility index (Phi) is 3.22. The molecule has 0 unspecified atom stereocenters. The molecular formula is C15H20N2O. The van der Waals surface area contributed by atoms with Crippen LogP contribution in [0.3, 0.4) is 0 Å². The third-order valence-electron chi connectivity index (χ3n) is 3.91. The summed E-state index contributed by atoms with van der Waals surface area (Å²) in [6, 6.07) is 6.41. The Bertz CT molecular complexity index is 456. The third-order valence-corrected chi connectivity index (χ3v) is 3.91. The van der Waals surface area contributed by atoms with Crippen molar-refractivity contribution in [3.8, 4) is 0 Å². The van der Waals surface area contributed by atoms with Crippen molar-refractivity contribution in [2.75, 3.05) is 23.3 Å². The van der Waals surface area contributed by atoms with Gasteiger partial charge in [0.15, 0.2) is 0 Å². The lowest BCUT2D eigenvalue weighted by atomic mass is 10.0. The molecule has 1 aromatic carbocycles. The Balaban J connectivity index is 1.88. The molecule has 2 heterocycles. The molecule has 3 heteroatoms. The first kappa shape index (κ1) is 11.6. The zero-order chi connectivity index (χ0) is 12.4. The summed E-state index contributed by atoms with van der Waals surface area (Å²) in [5.74, 6) is 0.288. The highest BCUT2D eigenvalue weighted by Gasteiger charge is 2.19. The number of anilines is 2. The van der Waals surface area contributed by atoms with Crippen LogP contribution in [0.5, 0.6) is 0 Å². The average molecular weight is 244 g/mol. The monoisotopic (exact) mass is 244 g/mol. The number of benzene rings is 1. The zero-order valence-electron chi connectivity index (χ0n) is 10.7. The molecule has 2 aliphatic rings. The van der Waals surface area contributed by atoms with Gasteiger partial charge in [0.25, 0.3) is 0 Å². The number of fused-ring (bicyclic) bond motifs is 1. The minimum absolute atomic E-state index is 0.288. The van der Waals surface area contributed by atoms with Crippen LogP contribution in [0.1, 0.15) is 37.7 Å². The van der Waals surface area contributed by atoms with Gasteiger partial charge in [0.2, 0.25) is 5.91 Å². The van der Waals surface area contributed by atoms with Gasteiger partial charge in [0.1, 0.15) is 0 Å². The molecule has 0 saturated carbocycles. The number of carbonyl (C=O) groups excluding carboxylic acids is 1. The molecule has 0 atom stereocenters. The second-order valence-electron chi connectivity index (χ2n) is 5.23. The summed E-state index contributed by atoms with van der Waals surface area (Å²) < 4.78 is 0. The molecule has 1 fully saturated rings. The first-order chi connectivity index (χ1) is 8.84. The lowest BCUT2D eigenvalue weighted by Crippen LogP contribution is -2.30. The van der Waals surface area contributed by atoms with E-state index < -0.39 is 0 Å². The van der Waals surface area contributed by atoms with Crippen LogP contribution in [0.15, 0.2) is 18.2 Å². The van der Waals surface area contributed by atoms with Gasteiger partial charge in [-0.05, 0) is 49.4 Å². The van der Waals surface area contributed by atoms with E-state index in [1.807, 2.05) is 4.90 Å². The predicted molar refractivity (Wildman–Crippen MR) is 74.1 cm³/mol. The van der Waals surface area contributed by atoms with E-state index in [0.29, 0.717) is 6.42 Å². The fourth-order valence-corrected chi connectivity index (χ4v) is 2.88. The van der Waals surface area contributed by atoms with Crippen LogP contribution < -0.4 is 10.2 Å². The Morgan fingerprint density at radius 2 is 2.00 bits per heavy atom. The lowest BCUT2D eigenvalue weighted by Gasteiger charge is -2.24. The van der Waals surface area contributed by atoms with Crippen LogP contribution in [0, 0.1) is 0 Å². The highest BCUT2D eigenvalue weighted by molar-refractivity contribution is 5.93. The van der Waals surface area contributed by atoms with Gasteiger partial charge in [-0.3, -0.25) is 4.79 Å². The van der Waals surface area contributed by atoms with Gasteiger partial charge in [0.05, 0.1) is 0 Å². The molecule has 3 rings (SSSR count). The number of rotatable bonds is 1. The lowest BCUT2D eigenvalue weighted by molar-refractivity contribution is -0.118. The molecule has 2 aliphatic heterocycles. The summed E-state index contributed by atoms with van der Waals surface area (Å²) in [7, 11) is 0. The van der Waals surface area contributed by atoms with Crippen molar-refractivity contribution in [3.05, 3.63) is 23.8 Å². The molecule has 0 aromatic heterocycles. The van der Waals surface area contributed by atoms with Gasteiger partial charge in [-0.25, -0.2) is 0 Å². The average Bonchev–Trinajstić information content (AvgIpc) is 2.63. The van der Waals surface area contributed by atoms with E-state index in [9.17, 15) is 4.79 Å². The molecule has 1 aromatic rings. The Morgan fingerprint density at radius 1 is 1.06 bits per heavy atom. The summed E-state index contributed by atoms with van der Waals surface area (Å²) in [5.41, 5.74) is 3.69. The van der Waals surface area contributed by atoms with Crippen LogP contribution in [-0.2, 0) is 11.2 Å². The number of hydrogen-bond acceptors (Lipinski definition) is 2. The zero-order valence-corrected chi connectivity index (χ0v) is 10.7. The number of carbonyl (C=O) groups is 1. The molecule has 1 N–H and O–H groups in total. The normalized spacial score (nSPS) is 20.0. The minimum Gasteiger partial charge on any atom is -0.385 e. The maximum atomic E-state index is 12.1. The smallest absolute Gasteiger partial charge is 0.226 e. The Labute approximate surface area is 108 Å². The van der Waals surface area contributed by atoms with Crippen molar-refractivity contribution in [2.24, 2.45) is 0 Å². The standard InChI is InChI=1S/C15H20N2O/c18-15-6-2-1-3-10-17(15)13-7-8-14-12(11-13)5-4-9-16-14/h7-8,11,16H,1-6,9-10H2. The quantitative estimate of drug-likeness (QED) is 0.823. The van der Waals surface area contributed by atoms with E-state index in [1.165, 1.54) is 24.1 Å². The van der Waals surface area contributed by atoms with Gasteiger partial charge >= 0.3 is 0 Å². The van der Waals surface area contributed by atoms with Crippen molar-refractivity contribution in [3.63, 3.8) is 0 Å². The molecule has 0 aliphatic carbocycles. The summed E-state index contributed by atoms with van der Waals surface area (Å²) in [5, 5.41) is 3.41. The number of nitrogens with one attached hydrogen (secondary N) is 1. The van der Waals surface area contributed by atoms with Crippen molar-refractivity contribution in [1.29, 1.82) is 0 Å². The summed E-state index contributed by atoms with van der Waals surface area (Å²) in [4.78, 5) is 14.1. The number of aryl methyl sites for hydroxylation is 1. The first-order valence-electron chi connectivity index (χ1n) is 7.02. The second kappa shape index (κ2) is 5.01. The molecule has 0 radical (unpaired) electrons. The largest absolute Gasteiger partial charge is 0.385 e. The molecular weight excluding hydrogens is 224 g/mol. The van der Waals surface area contributed by atoms with Gasteiger partial charge in [0, 0.05) is 30.9 Å². The highest BCUT2D eigenvalue weighted by atomic mass is 16.2. The van der Waals surface area contributed by atoms with Crippen molar-refractivity contribution >= 4 is 17.3 Å². The van der Waals surface area contributed by atoms with Gasteiger partial charge < -0.3 is 10.2 Å². The number of amides is 1. The molecule has 1 amide bonds. The first-order valence-corrected chi connectivity index (χ1v) is 7.02. The second-order valence-corrected chi connectivity index (χ2v) is 5.23. The van der Waals surface area contributed by atoms with Gasteiger partial charge in [-0.2, -0.15) is 0 Å². The molecule has 3 nitrogen and oxygen atoms in total. The third kappa shape index (κ3) is 2.22. The van der Waals surface area contributed by atoms with Crippen LogP contribution in [0.2, 0.25) is 0 Å². The van der Waals surface area contributed by atoms with Crippen LogP contribution in [0.4, 0.5) is 11.4 Å². The Morgan fingerprint density at radius 3 is 2.94 bits per heavy atom. The van der Waals surface area contributed by atoms with E-state index in [4.69, 9.17) is 0 Å². The summed E-state index contributed by atoms with van der Waals surface area (Å²) >= 11 is 0. The fourth-order valence-electron chi connectivity index (χ4n) is 2.88. The maximum Gasteiger partial charge on any atom is 0.226 e. The number of hydrogen-bond donors (Lipinski definition) is 1. The van der Waals surface area contributed by atoms with Crippen molar-refractivity contribution in [2.45, 2.75) is 38.5 Å². The maximum absolute atomic E-state index is 12.1. The summed E-state index contributed by atoms with van der Waals surface area (Å²) in [6.45, 7) is 1.94. The highest BCUT2D eigenvalue weighted by Crippen LogP contribution is 2.28. The fraction of sp³-hybridized carbons (Fsp3) is 0.533. The topological polar surface area (TPSA) is 32.3 Å². The Hall–Kier alpha value is -1.51. The van der Waals surface area contributed by atoms with Crippen molar-refractivity contribution < 1.29 is 4.79 Å². The van der Waals surface area contributed by atoms with E-state index >= 15 is 0 Å². The van der Waals surface area contributed by atoms with E-state index in [1.54, 1.807) is 0 Å². The predicted octanol–water partition coefficient (Wildman–Crippen LogP) is 2.95. The van der Waals surface area contributed by atoms with Crippen LogP contribution >= 0.6 is 0 Å². The van der Waals surface area contributed by atoms with Crippen LogP contribution in [-0.4, -0.2) is 19.0 Å². The molecule has 0 spiro atoms. The van der Waals surface area contributed by atoms with Crippen molar-refractivity contribution in [1.82, 2.24) is 0 Å². The molecule has 96 valence electrons. The molecule has 1 saturated heterocycles. The molecule has 0 bridgehead atoms. The number of nitrogens with zero attached hydrogens (tertiary/aromatic N) is 1. The van der Waals surface area contributed by atoms with E-state index in [2.05, 4.69) is 23.5 Å². The molecule has 18 heavy (non-hydrogen) atoms. The van der Waals surface area contributed by atoms with E-state index in [-0.39, 0.29) is 5.91 Å². The van der Waals surface area contributed by atoms with Gasteiger partial charge in [-0.15, -0.1) is 0 Å². The van der Waals surface area contributed by atoms with Crippen LogP contribution in [0.25, 0.3) is 0 Å². The summed E-state index contributed by atoms with van der Waals surface area (Å²) in [6.07, 6.45) is 6.36. The van der Waals surface area contributed by atoms with E-state index in [0.717, 1.165) is 38.0 Å².